The molecule has 1 heterocycles. The van der Waals surface area contributed by atoms with Crippen LogP contribution < -0.4 is 5.32 Å². The van der Waals surface area contributed by atoms with Crippen LogP contribution in [0.25, 0.3) is 0 Å². The second-order valence-corrected chi connectivity index (χ2v) is 7.76. The predicted octanol–water partition coefficient (Wildman–Crippen LogP) is 4.27. The smallest absolute Gasteiger partial charge is 0.319 e. The summed E-state index contributed by atoms with van der Waals surface area (Å²) < 4.78 is 4.99. The first-order chi connectivity index (χ1) is 13.2. The van der Waals surface area contributed by atoms with Gasteiger partial charge in [-0.05, 0) is 31.5 Å². The molecule has 8 nitrogen and oxygen atoms in total. The Kier molecular flexibility index (Phi) is 7.61. The summed E-state index contributed by atoms with van der Waals surface area (Å²) >= 11 is 13.1. The van der Waals surface area contributed by atoms with Crippen LogP contribution in [0.5, 0.6) is 0 Å². The molecule has 2 aromatic rings. The van der Waals surface area contributed by atoms with Crippen LogP contribution in [0, 0.1) is 17.0 Å². The number of hydrogen-bond donors (Lipinski definition) is 1. The van der Waals surface area contributed by atoms with E-state index in [1.165, 1.54) is 30.5 Å². The van der Waals surface area contributed by atoms with Gasteiger partial charge in [0.05, 0.1) is 15.0 Å². The number of nitro benzene ring substituents is 1. The lowest BCUT2D eigenvalue weighted by molar-refractivity contribution is -0.384. The molecule has 0 bridgehead atoms. The molecule has 1 aromatic heterocycles. The van der Waals surface area contributed by atoms with Crippen LogP contribution in [-0.2, 0) is 14.3 Å². The molecule has 0 aliphatic heterocycles. The van der Waals surface area contributed by atoms with E-state index < -0.39 is 28.7 Å². The number of nitrogens with zero attached hydrogens (tertiary/aromatic N) is 2. The predicted molar refractivity (Wildman–Crippen MR) is 107 cm³/mol. The summed E-state index contributed by atoms with van der Waals surface area (Å²) in [5.74, 6) is -1.08. The van der Waals surface area contributed by atoms with Gasteiger partial charge in [-0.1, -0.05) is 23.2 Å². The van der Waals surface area contributed by atoms with Crippen molar-refractivity contribution < 1.29 is 19.2 Å². The van der Waals surface area contributed by atoms with E-state index in [9.17, 15) is 19.7 Å². The lowest BCUT2D eigenvalue weighted by atomic mass is 10.3. The van der Waals surface area contributed by atoms with Crippen LogP contribution in [0.3, 0.4) is 0 Å². The Morgan fingerprint density at radius 1 is 1.32 bits per heavy atom. The van der Waals surface area contributed by atoms with E-state index in [1.807, 2.05) is 0 Å². The number of pyridine rings is 1. The number of non-ortho nitro benzene ring substituents is 1. The van der Waals surface area contributed by atoms with Gasteiger partial charge in [-0.25, -0.2) is 4.98 Å². The number of carbonyl (C=O) groups excluding carboxylic acids is 2. The third kappa shape index (κ3) is 5.82. The zero-order valence-electron chi connectivity index (χ0n) is 14.8. The monoisotopic (exact) mass is 443 g/mol. The van der Waals surface area contributed by atoms with Crippen LogP contribution in [0.15, 0.2) is 35.4 Å². The standard InChI is InChI=1S/C17H15Cl2N3O5S/c1-9-13(18)7-20-16(15(9)19)21-14(23)8-27-17(24)10(2)28-12-5-3-11(4-6-12)22(25)26/h3-7,10H,8H2,1-2H3,(H,20,21,23). The number of nitrogens with one attached hydrogen (secondary N) is 1. The van der Waals surface area contributed by atoms with Crippen LogP contribution in [0.2, 0.25) is 10.0 Å². The van der Waals surface area contributed by atoms with Crippen molar-refractivity contribution in [3.63, 3.8) is 0 Å². The lowest BCUT2D eigenvalue weighted by Crippen LogP contribution is -2.25. The zero-order chi connectivity index (χ0) is 20.8. The van der Waals surface area contributed by atoms with Crippen molar-refractivity contribution in [3.8, 4) is 0 Å². The Morgan fingerprint density at radius 2 is 1.96 bits per heavy atom. The maximum Gasteiger partial charge on any atom is 0.319 e. The summed E-state index contributed by atoms with van der Waals surface area (Å²) in [5, 5.41) is 13.1. The van der Waals surface area contributed by atoms with Crippen LogP contribution in [0.1, 0.15) is 12.5 Å². The van der Waals surface area contributed by atoms with Gasteiger partial charge in [0.15, 0.2) is 12.4 Å². The molecule has 0 spiro atoms. The highest BCUT2D eigenvalue weighted by Gasteiger charge is 2.19. The van der Waals surface area contributed by atoms with Gasteiger partial charge in [0.1, 0.15) is 5.25 Å². The number of nitro groups is 1. The highest BCUT2D eigenvalue weighted by molar-refractivity contribution is 8.00. The fraction of sp³-hybridized carbons (Fsp3) is 0.235. The maximum absolute atomic E-state index is 12.1. The van der Waals surface area contributed by atoms with E-state index >= 15 is 0 Å². The summed E-state index contributed by atoms with van der Waals surface area (Å²) in [6.45, 7) is 2.77. The first-order valence-corrected chi connectivity index (χ1v) is 9.50. The van der Waals surface area contributed by atoms with Crippen molar-refractivity contribution in [1.82, 2.24) is 4.98 Å². The summed E-state index contributed by atoms with van der Waals surface area (Å²) in [5.41, 5.74) is 0.528. The summed E-state index contributed by atoms with van der Waals surface area (Å²) in [7, 11) is 0. The fourth-order valence-electron chi connectivity index (χ4n) is 1.97. The Hall–Kier alpha value is -2.36. The third-order valence-electron chi connectivity index (χ3n) is 3.50. The Morgan fingerprint density at radius 3 is 2.57 bits per heavy atom. The molecule has 0 saturated carbocycles. The number of amides is 1. The van der Waals surface area contributed by atoms with Gasteiger partial charge in [-0.3, -0.25) is 19.7 Å². The Bertz CT molecular complexity index is 908. The quantitative estimate of drug-likeness (QED) is 0.294. The van der Waals surface area contributed by atoms with Crippen LogP contribution in [0.4, 0.5) is 11.5 Å². The molecule has 0 aliphatic rings. The molecule has 0 radical (unpaired) electrons. The number of ether oxygens (including phenoxy) is 1. The molecule has 1 amide bonds. The van der Waals surface area contributed by atoms with Gasteiger partial charge in [-0.15, -0.1) is 11.8 Å². The molecule has 148 valence electrons. The molecule has 1 N–H and O–H groups in total. The molecule has 0 fully saturated rings. The van der Waals surface area contributed by atoms with Crippen LogP contribution >= 0.6 is 35.0 Å². The number of halogens is 2. The molecule has 11 heteroatoms. The number of aromatic nitrogens is 1. The number of hydrogen-bond acceptors (Lipinski definition) is 7. The van der Waals surface area contributed by atoms with Crippen molar-refractivity contribution in [2.75, 3.05) is 11.9 Å². The second kappa shape index (κ2) is 9.72. The van der Waals surface area contributed by atoms with E-state index in [0.29, 0.717) is 15.5 Å². The first kappa shape index (κ1) is 21.9. The third-order valence-corrected chi connectivity index (χ3v) is 5.43. The summed E-state index contributed by atoms with van der Waals surface area (Å²) in [6, 6.07) is 5.77. The Labute approximate surface area is 174 Å². The number of anilines is 1. The Balaban J connectivity index is 1.86. The highest BCUT2D eigenvalue weighted by atomic mass is 35.5. The molecule has 0 saturated heterocycles. The van der Waals surface area contributed by atoms with E-state index in [2.05, 4.69) is 10.3 Å². The topological polar surface area (TPSA) is 111 Å². The number of benzene rings is 1. The van der Waals surface area contributed by atoms with Gasteiger partial charge < -0.3 is 10.1 Å². The number of thioether (sulfide) groups is 1. The van der Waals surface area contributed by atoms with E-state index in [-0.39, 0.29) is 16.5 Å². The highest BCUT2D eigenvalue weighted by Crippen LogP contribution is 2.29. The van der Waals surface area contributed by atoms with Gasteiger partial charge in [0.25, 0.3) is 11.6 Å². The molecule has 1 unspecified atom stereocenters. The van der Waals surface area contributed by atoms with Gasteiger partial charge in [0, 0.05) is 23.2 Å². The number of esters is 1. The molecule has 28 heavy (non-hydrogen) atoms. The molecular weight excluding hydrogens is 429 g/mol. The maximum atomic E-state index is 12.1. The number of rotatable bonds is 7. The minimum atomic E-state index is -0.617. The van der Waals surface area contributed by atoms with Crippen molar-refractivity contribution in [1.29, 1.82) is 0 Å². The van der Waals surface area contributed by atoms with Crippen molar-refractivity contribution in [2.24, 2.45) is 0 Å². The summed E-state index contributed by atoms with van der Waals surface area (Å²) in [4.78, 5) is 38.7. The minimum Gasteiger partial charge on any atom is -0.455 e. The zero-order valence-corrected chi connectivity index (χ0v) is 17.1. The molecule has 1 atom stereocenters. The first-order valence-electron chi connectivity index (χ1n) is 7.87. The van der Waals surface area contributed by atoms with E-state index in [4.69, 9.17) is 27.9 Å². The number of carbonyl (C=O) groups is 2. The molecular formula is C17H15Cl2N3O5S. The molecule has 2 rings (SSSR count). The summed E-state index contributed by atoms with van der Waals surface area (Å²) in [6.07, 6.45) is 1.35. The van der Waals surface area contributed by atoms with Crippen molar-refractivity contribution >= 4 is 58.3 Å². The lowest BCUT2D eigenvalue weighted by Gasteiger charge is -2.12. The van der Waals surface area contributed by atoms with Gasteiger partial charge in [0.2, 0.25) is 0 Å². The van der Waals surface area contributed by atoms with E-state index in [0.717, 1.165) is 11.8 Å². The van der Waals surface area contributed by atoms with Gasteiger partial charge >= 0.3 is 5.97 Å². The average Bonchev–Trinajstić information content (AvgIpc) is 2.67. The largest absolute Gasteiger partial charge is 0.455 e. The molecule has 0 aliphatic carbocycles. The second-order valence-electron chi connectivity index (χ2n) is 5.56. The van der Waals surface area contributed by atoms with Crippen molar-refractivity contribution in [2.45, 2.75) is 24.0 Å². The molecule has 1 aromatic carbocycles. The van der Waals surface area contributed by atoms with Crippen molar-refractivity contribution in [3.05, 3.63) is 56.2 Å². The average molecular weight is 444 g/mol. The SMILES string of the molecule is Cc1c(Cl)cnc(NC(=O)COC(=O)C(C)Sc2ccc([N+](=O)[O-])cc2)c1Cl. The normalized spacial score (nSPS) is 11.6. The minimum absolute atomic E-state index is 0.0408. The van der Waals surface area contributed by atoms with Crippen LogP contribution in [-0.4, -0.2) is 33.6 Å². The van der Waals surface area contributed by atoms with Gasteiger partial charge in [-0.2, -0.15) is 0 Å². The fourth-order valence-corrected chi connectivity index (χ4v) is 3.22. The van der Waals surface area contributed by atoms with E-state index in [1.54, 1.807) is 13.8 Å².